The second-order valence-electron chi connectivity index (χ2n) is 5.46. The zero-order valence-electron chi connectivity index (χ0n) is 12.1. The summed E-state index contributed by atoms with van der Waals surface area (Å²) in [5, 5.41) is 3.45. The van der Waals surface area contributed by atoms with Crippen LogP contribution in [0.4, 0.5) is 5.82 Å². The van der Waals surface area contributed by atoms with Crippen LogP contribution < -0.4 is 11.1 Å². The van der Waals surface area contributed by atoms with Gasteiger partial charge in [0, 0.05) is 37.9 Å². The molecule has 1 aliphatic rings. The molecule has 106 valence electrons. The maximum Gasteiger partial charge on any atom is 0.126 e. The van der Waals surface area contributed by atoms with Crippen molar-refractivity contribution in [2.45, 2.75) is 18.5 Å². The topological polar surface area (TPSA) is 57.4 Å². The van der Waals surface area contributed by atoms with Crippen LogP contribution in [-0.2, 0) is 6.42 Å². The first-order valence-corrected chi connectivity index (χ1v) is 6.87. The predicted octanol–water partition coefficient (Wildman–Crippen LogP) is 0.0401. The molecule has 0 radical (unpaired) electrons. The predicted molar refractivity (Wildman–Crippen MR) is 79.1 cm³/mol. The molecule has 2 atom stereocenters. The monoisotopic (exact) mass is 263 g/mol. The van der Waals surface area contributed by atoms with E-state index in [2.05, 4.69) is 40.3 Å². The third-order valence-electron chi connectivity index (χ3n) is 4.10. The lowest BCUT2D eigenvalue weighted by Crippen LogP contribution is -2.58. The van der Waals surface area contributed by atoms with Gasteiger partial charge >= 0.3 is 0 Å². The zero-order valence-corrected chi connectivity index (χ0v) is 12.1. The molecule has 0 saturated carbocycles. The van der Waals surface area contributed by atoms with Crippen LogP contribution >= 0.6 is 0 Å². The summed E-state index contributed by atoms with van der Waals surface area (Å²) in [7, 11) is 6.42. The highest BCUT2D eigenvalue weighted by molar-refractivity contribution is 5.39. The highest BCUT2D eigenvalue weighted by atomic mass is 15.3. The van der Waals surface area contributed by atoms with E-state index < -0.39 is 0 Å². The van der Waals surface area contributed by atoms with Crippen LogP contribution in [0, 0.1) is 0 Å². The normalized spacial score (nSPS) is 23.4. The van der Waals surface area contributed by atoms with E-state index in [9.17, 15) is 0 Å². The number of pyridine rings is 1. The van der Waals surface area contributed by atoms with Crippen molar-refractivity contribution in [2.75, 3.05) is 46.5 Å². The summed E-state index contributed by atoms with van der Waals surface area (Å²) in [5.41, 5.74) is 7.08. The van der Waals surface area contributed by atoms with Crippen LogP contribution in [0.1, 0.15) is 5.56 Å². The molecule has 3 N–H and O–H groups in total. The molecule has 1 aromatic heterocycles. The summed E-state index contributed by atoms with van der Waals surface area (Å²) in [5.74, 6) is 0.648. The number of nitrogens with two attached hydrogens (primary N) is 1. The Hall–Kier alpha value is -1.17. The Morgan fingerprint density at radius 2 is 2.26 bits per heavy atom. The molecule has 2 unspecified atom stereocenters. The van der Waals surface area contributed by atoms with Gasteiger partial charge in [-0.25, -0.2) is 4.98 Å². The quantitative estimate of drug-likeness (QED) is 0.803. The fraction of sp³-hybridized carbons (Fsp3) is 0.643. The van der Waals surface area contributed by atoms with Crippen molar-refractivity contribution < 1.29 is 0 Å². The van der Waals surface area contributed by atoms with Crippen LogP contribution in [0.3, 0.4) is 0 Å². The number of piperazine rings is 1. The highest BCUT2D eigenvalue weighted by Gasteiger charge is 2.29. The van der Waals surface area contributed by atoms with E-state index in [1.165, 1.54) is 0 Å². The number of aromatic nitrogens is 1. The molecule has 19 heavy (non-hydrogen) atoms. The Morgan fingerprint density at radius 1 is 1.47 bits per heavy atom. The maximum atomic E-state index is 5.95. The maximum absolute atomic E-state index is 5.95. The molecule has 2 heterocycles. The Labute approximate surface area is 115 Å². The van der Waals surface area contributed by atoms with Gasteiger partial charge in [-0.05, 0) is 39.2 Å². The zero-order chi connectivity index (χ0) is 13.8. The van der Waals surface area contributed by atoms with Crippen molar-refractivity contribution >= 4 is 5.82 Å². The van der Waals surface area contributed by atoms with Crippen LogP contribution in [-0.4, -0.2) is 67.6 Å². The average molecular weight is 263 g/mol. The summed E-state index contributed by atoms with van der Waals surface area (Å²) in [6.45, 7) is 3.34. The minimum absolute atomic E-state index is 0.388. The summed E-state index contributed by atoms with van der Waals surface area (Å²) in [6.07, 6.45) is 2.66. The molecular formula is C14H25N5. The first kappa shape index (κ1) is 14.2. The fourth-order valence-electron chi connectivity index (χ4n) is 2.77. The van der Waals surface area contributed by atoms with Crippen molar-refractivity contribution in [1.29, 1.82) is 0 Å². The number of hydrogen-bond donors (Lipinski definition) is 2. The van der Waals surface area contributed by atoms with E-state index in [1.54, 1.807) is 6.20 Å². The van der Waals surface area contributed by atoms with Crippen molar-refractivity contribution in [1.82, 2.24) is 20.1 Å². The summed E-state index contributed by atoms with van der Waals surface area (Å²) < 4.78 is 0. The summed E-state index contributed by atoms with van der Waals surface area (Å²) >= 11 is 0. The van der Waals surface area contributed by atoms with E-state index in [4.69, 9.17) is 5.73 Å². The summed E-state index contributed by atoms with van der Waals surface area (Å²) in [6, 6.07) is 4.91. The molecule has 1 saturated heterocycles. The lowest BCUT2D eigenvalue weighted by Gasteiger charge is -2.42. The van der Waals surface area contributed by atoms with Crippen LogP contribution in [0.15, 0.2) is 18.3 Å². The minimum Gasteiger partial charge on any atom is -0.383 e. The number of hydrogen-bond acceptors (Lipinski definition) is 5. The number of rotatable bonds is 4. The Balaban J connectivity index is 2.09. The molecule has 0 aliphatic carbocycles. The summed E-state index contributed by atoms with van der Waals surface area (Å²) in [4.78, 5) is 9.00. The van der Waals surface area contributed by atoms with Gasteiger partial charge in [0.2, 0.25) is 0 Å². The van der Waals surface area contributed by atoms with Gasteiger partial charge in [0.1, 0.15) is 5.82 Å². The Kier molecular flexibility index (Phi) is 4.74. The lowest BCUT2D eigenvalue weighted by molar-refractivity contribution is 0.0897. The first-order chi connectivity index (χ1) is 9.11. The van der Waals surface area contributed by atoms with Gasteiger partial charge < -0.3 is 16.0 Å². The van der Waals surface area contributed by atoms with E-state index in [1.807, 2.05) is 13.1 Å². The van der Waals surface area contributed by atoms with Gasteiger partial charge in [-0.1, -0.05) is 6.07 Å². The first-order valence-electron chi connectivity index (χ1n) is 6.87. The van der Waals surface area contributed by atoms with Gasteiger partial charge in [0.15, 0.2) is 0 Å². The smallest absolute Gasteiger partial charge is 0.126 e. The Bertz CT molecular complexity index is 409. The number of likely N-dealkylation sites (N-methyl/N-ethyl adjacent to an activating group) is 3. The molecule has 2 rings (SSSR count). The molecular weight excluding hydrogens is 238 g/mol. The molecule has 5 nitrogen and oxygen atoms in total. The fourth-order valence-corrected chi connectivity index (χ4v) is 2.77. The van der Waals surface area contributed by atoms with Crippen molar-refractivity contribution in [3.8, 4) is 0 Å². The van der Waals surface area contributed by atoms with E-state index in [0.717, 1.165) is 31.6 Å². The minimum atomic E-state index is 0.388. The van der Waals surface area contributed by atoms with Crippen LogP contribution in [0.5, 0.6) is 0 Å². The van der Waals surface area contributed by atoms with Crippen LogP contribution in [0.2, 0.25) is 0 Å². The average Bonchev–Trinajstić information content (AvgIpc) is 2.41. The molecule has 0 aromatic carbocycles. The standard InChI is InChI=1S/C14H25N5/c1-16-12(9-11-5-4-6-17-14(11)15)13-10-18(2)7-8-19(13)3/h4-6,12-13,16H,7-10H2,1-3H3,(H2,15,17). The Morgan fingerprint density at radius 3 is 2.95 bits per heavy atom. The molecule has 0 bridgehead atoms. The number of nitrogen functional groups attached to an aromatic ring is 1. The lowest BCUT2D eigenvalue weighted by atomic mass is 9.97. The van der Waals surface area contributed by atoms with Gasteiger partial charge in [-0.15, -0.1) is 0 Å². The number of anilines is 1. The second kappa shape index (κ2) is 6.32. The molecule has 1 aliphatic heterocycles. The number of nitrogens with zero attached hydrogens (tertiary/aromatic N) is 3. The van der Waals surface area contributed by atoms with Crippen LogP contribution in [0.25, 0.3) is 0 Å². The largest absolute Gasteiger partial charge is 0.383 e. The van der Waals surface area contributed by atoms with E-state index in [-0.39, 0.29) is 0 Å². The van der Waals surface area contributed by atoms with Crippen molar-refractivity contribution in [3.63, 3.8) is 0 Å². The highest BCUT2D eigenvalue weighted by Crippen LogP contribution is 2.16. The molecule has 1 fully saturated rings. The molecule has 0 amide bonds. The van der Waals surface area contributed by atoms with Crippen molar-refractivity contribution in [2.24, 2.45) is 0 Å². The third kappa shape index (κ3) is 3.43. The van der Waals surface area contributed by atoms with Gasteiger partial charge in [0.05, 0.1) is 0 Å². The van der Waals surface area contributed by atoms with Gasteiger partial charge in [-0.2, -0.15) is 0 Å². The third-order valence-corrected chi connectivity index (χ3v) is 4.10. The number of nitrogens with one attached hydrogen (secondary N) is 1. The molecule has 0 spiro atoms. The molecule has 5 heteroatoms. The SMILES string of the molecule is CNC(Cc1cccnc1N)C1CN(C)CCN1C. The second-order valence-corrected chi connectivity index (χ2v) is 5.46. The van der Waals surface area contributed by atoms with E-state index in [0.29, 0.717) is 17.9 Å². The molecule has 1 aromatic rings. The van der Waals surface area contributed by atoms with Gasteiger partial charge in [0.25, 0.3) is 0 Å². The van der Waals surface area contributed by atoms with E-state index >= 15 is 0 Å². The van der Waals surface area contributed by atoms with Crippen molar-refractivity contribution in [3.05, 3.63) is 23.9 Å². The van der Waals surface area contributed by atoms with Gasteiger partial charge in [-0.3, -0.25) is 4.90 Å².